The number of alkyl halides is 3. The molecule has 0 fully saturated rings. The lowest BCUT2D eigenvalue weighted by Crippen LogP contribution is -2.03. The van der Waals surface area contributed by atoms with Gasteiger partial charge in [0.15, 0.2) is 0 Å². The lowest BCUT2D eigenvalue weighted by molar-refractivity contribution is -0.137. The van der Waals surface area contributed by atoms with Crippen molar-refractivity contribution in [3.8, 4) is 0 Å². The Morgan fingerprint density at radius 3 is 1.33 bits per heavy atom. The summed E-state index contributed by atoms with van der Waals surface area (Å²) >= 11 is 0. The largest absolute Gasteiger partial charge is 0.416 e. The Bertz CT molecular complexity index is 1010. The van der Waals surface area contributed by atoms with Gasteiger partial charge in [0.25, 0.3) is 0 Å². The Morgan fingerprint density at radius 1 is 0.667 bits per heavy atom. The minimum absolute atomic E-state index is 0.325. The van der Waals surface area contributed by atoms with Crippen LogP contribution < -0.4 is 0 Å². The highest BCUT2D eigenvalue weighted by atomic mass is 19.4. The van der Waals surface area contributed by atoms with Gasteiger partial charge in [-0.25, -0.2) is 0 Å². The van der Waals surface area contributed by atoms with Crippen molar-refractivity contribution in [1.29, 1.82) is 0 Å². The van der Waals surface area contributed by atoms with Gasteiger partial charge < -0.3 is 5.11 Å². The van der Waals surface area contributed by atoms with E-state index in [2.05, 4.69) is 20.5 Å². The van der Waals surface area contributed by atoms with Crippen LogP contribution in [0.1, 0.15) is 18.1 Å². The SMILES string of the molecule is CC(O)Cc1ccc(N=Nc2ccc(N=Nc3ccc(C(F)(F)F)cc3)cc2)cc1. The van der Waals surface area contributed by atoms with Crippen molar-refractivity contribution in [3.63, 3.8) is 0 Å². The smallest absolute Gasteiger partial charge is 0.393 e. The van der Waals surface area contributed by atoms with Crippen molar-refractivity contribution >= 4 is 22.7 Å². The molecule has 0 aromatic heterocycles. The fourth-order valence-corrected chi connectivity index (χ4v) is 2.57. The van der Waals surface area contributed by atoms with E-state index in [0.29, 0.717) is 29.2 Å². The summed E-state index contributed by atoms with van der Waals surface area (Å²) in [5.41, 5.74) is 2.47. The molecule has 0 saturated heterocycles. The van der Waals surface area contributed by atoms with Crippen molar-refractivity contribution in [1.82, 2.24) is 0 Å². The molecule has 3 rings (SSSR count). The van der Waals surface area contributed by atoms with Gasteiger partial charge in [0.1, 0.15) is 0 Å². The molecule has 0 saturated carbocycles. The van der Waals surface area contributed by atoms with Crippen LogP contribution >= 0.6 is 0 Å². The summed E-state index contributed by atoms with van der Waals surface area (Å²) in [5, 5.41) is 25.7. The van der Waals surface area contributed by atoms with Crippen molar-refractivity contribution in [2.45, 2.75) is 25.6 Å². The molecule has 0 spiro atoms. The number of aliphatic hydroxyl groups excluding tert-OH is 1. The highest BCUT2D eigenvalue weighted by Crippen LogP contribution is 2.31. The second-order valence-electron chi connectivity index (χ2n) is 6.68. The summed E-state index contributed by atoms with van der Waals surface area (Å²) < 4.78 is 37.7. The van der Waals surface area contributed by atoms with Crippen LogP contribution in [0.15, 0.2) is 93.3 Å². The molecule has 0 heterocycles. The molecule has 0 amide bonds. The fourth-order valence-electron chi connectivity index (χ4n) is 2.57. The molecule has 1 N–H and O–H groups in total. The van der Waals surface area contributed by atoms with Crippen LogP contribution in [0.25, 0.3) is 0 Å². The zero-order chi connectivity index (χ0) is 21.6. The Morgan fingerprint density at radius 2 is 1.00 bits per heavy atom. The molecule has 1 atom stereocenters. The molecule has 30 heavy (non-hydrogen) atoms. The number of nitrogens with zero attached hydrogens (tertiary/aromatic N) is 4. The number of halogens is 3. The molecule has 8 heteroatoms. The summed E-state index contributed by atoms with van der Waals surface area (Å²) in [4.78, 5) is 0. The molecule has 0 bridgehead atoms. The average Bonchev–Trinajstić information content (AvgIpc) is 2.72. The van der Waals surface area contributed by atoms with Crippen LogP contribution in [0.4, 0.5) is 35.9 Å². The first-order valence-corrected chi connectivity index (χ1v) is 9.17. The molecule has 5 nitrogen and oxygen atoms in total. The van der Waals surface area contributed by atoms with Gasteiger partial charge in [0, 0.05) is 0 Å². The first-order chi connectivity index (χ1) is 14.3. The van der Waals surface area contributed by atoms with Crippen LogP contribution in [0.3, 0.4) is 0 Å². The molecular weight excluding hydrogens is 393 g/mol. The topological polar surface area (TPSA) is 69.7 Å². The van der Waals surface area contributed by atoms with Crippen LogP contribution in [0.2, 0.25) is 0 Å². The Balaban J connectivity index is 1.60. The number of rotatable bonds is 6. The van der Waals surface area contributed by atoms with E-state index in [0.717, 1.165) is 17.7 Å². The van der Waals surface area contributed by atoms with Crippen molar-refractivity contribution in [3.05, 3.63) is 83.9 Å². The third-order valence-corrected chi connectivity index (χ3v) is 4.07. The minimum atomic E-state index is -4.37. The van der Waals surface area contributed by atoms with E-state index in [1.807, 2.05) is 24.3 Å². The Labute approximate surface area is 171 Å². The molecule has 0 aliphatic heterocycles. The molecular formula is C22H19F3N4O. The summed E-state index contributed by atoms with van der Waals surface area (Å²) in [7, 11) is 0. The van der Waals surface area contributed by atoms with Gasteiger partial charge in [-0.15, -0.1) is 0 Å². The number of benzene rings is 3. The van der Waals surface area contributed by atoms with Crippen LogP contribution in [-0.2, 0) is 12.6 Å². The third kappa shape index (κ3) is 6.31. The zero-order valence-corrected chi connectivity index (χ0v) is 16.1. The molecule has 3 aromatic rings. The van der Waals surface area contributed by atoms with Crippen molar-refractivity contribution < 1.29 is 18.3 Å². The zero-order valence-electron chi connectivity index (χ0n) is 16.1. The summed E-state index contributed by atoms with van der Waals surface area (Å²) in [6.07, 6.45) is -4.19. The maximum absolute atomic E-state index is 12.6. The molecule has 0 radical (unpaired) electrons. The van der Waals surface area contributed by atoms with Crippen molar-refractivity contribution in [2.75, 3.05) is 0 Å². The lowest BCUT2D eigenvalue weighted by atomic mass is 10.1. The Kier molecular flexibility index (Phi) is 6.68. The van der Waals surface area contributed by atoms with E-state index < -0.39 is 17.8 Å². The van der Waals surface area contributed by atoms with Gasteiger partial charge in [0.05, 0.1) is 34.4 Å². The minimum Gasteiger partial charge on any atom is -0.393 e. The first-order valence-electron chi connectivity index (χ1n) is 9.17. The van der Waals surface area contributed by atoms with Gasteiger partial charge >= 0.3 is 6.18 Å². The van der Waals surface area contributed by atoms with Crippen molar-refractivity contribution in [2.24, 2.45) is 20.5 Å². The summed E-state index contributed by atoms with van der Waals surface area (Å²) in [6.45, 7) is 1.74. The molecule has 0 aliphatic rings. The summed E-state index contributed by atoms with van der Waals surface area (Å²) in [5.74, 6) is 0. The maximum Gasteiger partial charge on any atom is 0.416 e. The number of azo groups is 2. The number of hydrogen-bond acceptors (Lipinski definition) is 5. The molecule has 0 aliphatic carbocycles. The van der Waals surface area contributed by atoms with Gasteiger partial charge in [-0.2, -0.15) is 33.6 Å². The number of aliphatic hydroxyl groups is 1. The van der Waals surface area contributed by atoms with E-state index in [9.17, 15) is 18.3 Å². The predicted octanol–water partition coefficient (Wildman–Crippen LogP) is 7.46. The lowest BCUT2D eigenvalue weighted by Gasteiger charge is -2.05. The first kappa shape index (κ1) is 21.3. The third-order valence-electron chi connectivity index (χ3n) is 4.07. The molecule has 3 aromatic carbocycles. The van der Waals surface area contributed by atoms with E-state index in [4.69, 9.17) is 0 Å². The predicted molar refractivity (Wildman–Crippen MR) is 108 cm³/mol. The second kappa shape index (κ2) is 9.41. The van der Waals surface area contributed by atoms with Crippen LogP contribution in [-0.4, -0.2) is 11.2 Å². The van der Waals surface area contributed by atoms with E-state index in [1.54, 1.807) is 31.2 Å². The van der Waals surface area contributed by atoms with E-state index in [-0.39, 0.29) is 0 Å². The van der Waals surface area contributed by atoms with Gasteiger partial charge in [0.2, 0.25) is 0 Å². The van der Waals surface area contributed by atoms with Crippen LogP contribution in [0.5, 0.6) is 0 Å². The maximum atomic E-state index is 12.6. The fraction of sp³-hybridized carbons (Fsp3) is 0.182. The monoisotopic (exact) mass is 412 g/mol. The van der Waals surface area contributed by atoms with Gasteiger partial charge in [-0.05, 0) is 79.6 Å². The summed E-state index contributed by atoms with van der Waals surface area (Å²) in [6, 6.07) is 18.7. The highest BCUT2D eigenvalue weighted by molar-refractivity contribution is 5.48. The van der Waals surface area contributed by atoms with Crippen LogP contribution in [0, 0.1) is 0 Å². The molecule has 1 unspecified atom stereocenters. The quantitative estimate of drug-likeness (QED) is 0.419. The van der Waals surface area contributed by atoms with E-state index >= 15 is 0 Å². The second-order valence-corrected chi connectivity index (χ2v) is 6.68. The van der Waals surface area contributed by atoms with Gasteiger partial charge in [-0.1, -0.05) is 12.1 Å². The highest BCUT2D eigenvalue weighted by Gasteiger charge is 2.29. The van der Waals surface area contributed by atoms with E-state index in [1.165, 1.54) is 12.1 Å². The Hall–Kier alpha value is -3.39. The average molecular weight is 412 g/mol. The van der Waals surface area contributed by atoms with Gasteiger partial charge in [-0.3, -0.25) is 0 Å². The number of hydrogen-bond donors (Lipinski definition) is 1. The standard InChI is InChI=1S/C22H19F3N4O/c1-15(30)14-16-2-6-18(7-3-16)26-28-20-10-12-21(13-11-20)29-27-19-8-4-17(5-9-19)22(23,24)25/h2-13,15,30H,14H2,1H3. The molecule has 154 valence electrons. The normalized spacial score (nSPS) is 13.2.